The predicted octanol–water partition coefficient (Wildman–Crippen LogP) is 4.53. The van der Waals surface area contributed by atoms with Crippen molar-refractivity contribution in [2.45, 2.75) is 33.2 Å². The van der Waals surface area contributed by atoms with Gasteiger partial charge in [-0.15, -0.1) is 0 Å². The number of carbonyl (C=O) groups excluding carboxylic acids is 1. The molecule has 0 radical (unpaired) electrons. The van der Waals surface area contributed by atoms with Crippen molar-refractivity contribution in [3.05, 3.63) is 65.1 Å². The van der Waals surface area contributed by atoms with E-state index in [-0.39, 0.29) is 0 Å². The van der Waals surface area contributed by atoms with Gasteiger partial charge in [0.2, 0.25) is 0 Å². The van der Waals surface area contributed by atoms with Crippen molar-refractivity contribution in [3.8, 4) is 11.8 Å². The van der Waals surface area contributed by atoms with Gasteiger partial charge in [-0.1, -0.05) is 30.9 Å². The van der Waals surface area contributed by atoms with Crippen molar-refractivity contribution in [3.63, 3.8) is 0 Å². The van der Waals surface area contributed by atoms with Crippen LogP contribution in [0.5, 0.6) is 0 Å². The van der Waals surface area contributed by atoms with Crippen LogP contribution in [0.3, 0.4) is 0 Å². The Bertz CT molecular complexity index is 957. The van der Waals surface area contributed by atoms with Crippen LogP contribution in [0.2, 0.25) is 0 Å². The number of hydrogen-bond acceptors (Lipinski definition) is 2. The summed E-state index contributed by atoms with van der Waals surface area (Å²) in [6.07, 6.45) is 7.71. The minimum Gasteiger partial charge on any atom is -0.343 e. The van der Waals surface area contributed by atoms with Crippen LogP contribution in [0.1, 0.15) is 53.4 Å². The standard InChI is InChI=1S/C21H20N2O/c1-4-16(3)23-10-9-20-19(12-22-13-21(20)23)8-7-18-11-17(14-24)6-5-15(18)2/h5-6,9-14,16H,4H2,1-3H3. The molecular weight excluding hydrogens is 296 g/mol. The molecule has 120 valence electrons. The zero-order chi connectivity index (χ0) is 17.1. The van der Waals surface area contributed by atoms with Crippen LogP contribution in [0, 0.1) is 18.8 Å². The lowest BCUT2D eigenvalue weighted by Gasteiger charge is -2.12. The summed E-state index contributed by atoms with van der Waals surface area (Å²) in [5.41, 5.74) is 4.59. The number of fused-ring (bicyclic) bond motifs is 1. The fraction of sp³-hybridized carbons (Fsp3) is 0.238. The lowest BCUT2D eigenvalue weighted by Crippen LogP contribution is -2.01. The maximum atomic E-state index is 11.0. The number of carbonyl (C=O) groups is 1. The zero-order valence-corrected chi connectivity index (χ0v) is 14.2. The van der Waals surface area contributed by atoms with E-state index in [4.69, 9.17) is 0 Å². The summed E-state index contributed by atoms with van der Waals surface area (Å²) < 4.78 is 2.24. The molecule has 0 fully saturated rings. The molecule has 0 N–H and O–H groups in total. The van der Waals surface area contributed by atoms with Crippen LogP contribution < -0.4 is 0 Å². The van der Waals surface area contributed by atoms with E-state index in [1.165, 1.54) is 0 Å². The highest BCUT2D eigenvalue weighted by atomic mass is 16.1. The van der Waals surface area contributed by atoms with Gasteiger partial charge in [0, 0.05) is 34.9 Å². The third-order valence-electron chi connectivity index (χ3n) is 4.44. The minimum atomic E-state index is 0.430. The Morgan fingerprint density at radius 1 is 1.21 bits per heavy atom. The summed E-state index contributed by atoms with van der Waals surface area (Å²) in [5.74, 6) is 6.42. The summed E-state index contributed by atoms with van der Waals surface area (Å²) in [6, 6.07) is 8.09. The first-order chi connectivity index (χ1) is 11.6. The smallest absolute Gasteiger partial charge is 0.150 e. The largest absolute Gasteiger partial charge is 0.343 e. The number of aldehydes is 1. The molecule has 3 aromatic rings. The van der Waals surface area contributed by atoms with Gasteiger partial charge in [0.25, 0.3) is 0 Å². The Hall–Kier alpha value is -2.86. The molecule has 1 atom stereocenters. The molecule has 3 heteroatoms. The lowest BCUT2D eigenvalue weighted by atomic mass is 10.1. The van der Waals surface area contributed by atoms with Gasteiger partial charge in [0.15, 0.2) is 0 Å². The zero-order valence-electron chi connectivity index (χ0n) is 14.2. The molecule has 0 saturated heterocycles. The van der Waals surface area contributed by atoms with E-state index in [1.54, 1.807) is 6.20 Å². The molecular formula is C21H20N2O. The van der Waals surface area contributed by atoms with E-state index in [9.17, 15) is 4.79 Å². The third-order valence-corrected chi connectivity index (χ3v) is 4.44. The first kappa shape index (κ1) is 16.0. The van der Waals surface area contributed by atoms with E-state index in [0.717, 1.165) is 40.3 Å². The van der Waals surface area contributed by atoms with E-state index < -0.39 is 0 Å². The minimum absolute atomic E-state index is 0.430. The second kappa shape index (κ2) is 6.72. The normalized spacial score (nSPS) is 11.8. The maximum absolute atomic E-state index is 11.0. The fourth-order valence-electron chi connectivity index (χ4n) is 2.74. The molecule has 0 aliphatic rings. The third kappa shape index (κ3) is 2.96. The van der Waals surface area contributed by atoms with Gasteiger partial charge in [-0.3, -0.25) is 9.78 Å². The molecule has 24 heavy (non-hydrogen) atoms. The number of benzene rings is 1. The Labute approximate surface area is 142 Å². The second-order valence-electron chi connectivity index (χ2n) is 6.04. The Kier molecular flexibility index (Phi) is 4.48. The SMILES string of the molecule is CCC(C)n1ccc2c(C#Cc3cc(C=O)ccc3C)cncc21. The number of nitrogens with zero attached hydrogens (tertiary/aromatic N) is 2. The van der Waals surface area contributed by atoms with Crippen molar-refractivity contribution < 1.29 is 4.79 Å². The molecule has 0 aliphatic carbocycles. The van der Waals surface area contributed by atoms with Gasteiger partial charge < -0.3 is 4.57 Å². The summed E-state index contributed by atoms with van der Waals surface area (Å²) in [6.45, 7) is 6.37. The number of hydrogen-bond donors (Lipinski definition) is 0. The summed E-state index contributed by atoms with van der Waals surface area (Å²) in [5, 5.41) is 1.11. The molecule has 0 spiro atoms. The molecule has 1 aromatic carbocycles. The van der Waals surface area contributed by atoms with Gasteiger partial charge >= 0.3 is 0 Å². The Balaban J connectivity index is 2.06. The highest BCUT2D eigenvalue weighted by Gasteiger charge is 2.08. The number of aryl methyl sites for hydroxylation is 1. The van der Waals surface area contributed by atoms with Crippen molar-refractivity contribution >= 4 is 17.2 Å². The second-order valence-corrected chi connectivity index (χ2v) is 6.04. The Morgan fingerprint density at radius 2 is 2.00 bits per heavy atom. The van der Waals surface area contributed by atoms with E-state index in [2.05, 4.69) is 47.5 Å². The number of rotatable bonds is 3. The lowest BCUT2D eigenvalue weighted by molar-refractivity contribution is 0.112. The molecule has 0 amide bonds. The van der Waals surface area contributed by atoms with Crippen LogP contribution in [0.4, 0.5) is 0 Å². The molecule has 3 nitrogen and oxygen atoms in total. The van der Waals surface area contributed by atoms with Gasteiger partial charge in [0.1, 0.15) is 6.29 Å². The van der Waals surface area contributed by atoms with Crippen molar-refractivity contribution in [1.29, 1.82) is 0 Å². The quantitative estimate of drug-likeness (QED) is 0.525. The summed E-state index contributed by atoms with van der Waals surface area (Å²) in [7, 11) is 0. The summed E-state index contributed by atoms with van der Waals surface area (Å²) >= 11 is 0. The van der Waals surface area contributed by atoms with Crippen molar-refractivity contribution in [2.24, 2.45) is 0 Å². The van der Waals surface area contributed by atoms with E-state index in [1.807, 2.05) is 31.3 Å². The number of aromatic nitrogens is 2. The van der Waals surface area contributed by atoms with Crippen molar-refractivity contribution in [1.82, 2.24) is 9.55 Å². The first-order valence-corrected chi connectivity index (χ1v) is 8.16. The van der Waals surface area contributed by atoms with Gasteiger partial charge in [0.05, 0.1) is 17.3 Å². The van der Waals surface area contributed by atoms with Gasteiger partial charge in [-0.2, -0.15) is 0 Å². The maximum Gasteiger partial charge on any atom is 0.150 e. The van der Waals surface area contributed by atoms with Crippen LogP contribution in [-0.2, 0) is 0 Å². The molecule has 3 rings (SSSR count). The molecule has 2 aromatic heterocycles. The molecule has 0 aliphatic heterocycles. The first-order valence-electron chi connectivity index (χ1n) is 8.16. The van der Waals surface area contributed by atoms with E-state index >= 15 is 0 Å². The van der Waals surface area contributed by atoms with E-state index in [0.29, 0.717) is 11.6 Å². The summed E-state index contributed by atoms with van der Waals surface area (Å²) in [4.78, 5) is 15.3. The Morgan fingerprint density at radius 3 is 2.75 bits per heavy atom. The van der Waals surface area contributed by atoms with Crippen LogP contribution in [0.15, 0.2) is 42.9 Å². The molecule has 2 heterocycles. The predicted molar refractivity (Wildman–Crippen MR) is 97.3 cm³/mol. The molecule has 1 unspecified atom stereocenters. The number of pyridine rings is 1. The van der Waals surface area contributed by atoms with Crippen LogP contribution in [-0.4, -0.2) is 15.8 Å². The van der Waals surface area contributed by atoms with Crippen LogP contribution in [0.25, 0.3) is 10.9 Å². The van der Waals surface area contributed by atoms with Crippen LogP contribution >= 0.6 is 0 Å². The average Bonchev–Trinajstić information content (AvgIpc) is 3.05. The highest BCUT2D eigenvalue weighted by molar-refractivity contribution is 5.85. The molecule has 0 bridgehead atoms. The monoisotopic (exact) mass is 316 g/mol. The average molecular weight is 316 g/mol. The van der Waals surface area contributed by atoms with Crippen molar-refractivity contribution in [2.75, 3.05) is 0 Å². The fourth-order valence-corrected chi connectivity index (χ4v) is 2.74. The van der Waals surface area contributed by atoms with Gasteiger partial charge in [-0.05, 0) is 38.0 Å². The topological polar surface area (TPSA) is 34.9 Å². The highest BCUT2D eigenvalue weighted by Crippen LogP contribution is 2.23. The molecule has 0 saturated carbocycles. The van der Waals surface area contributed by atoms with Gasteiger partial charge in [-0.25, -0.2) is 0 Å².